The molecule has 6 heteroatoms. The van der Waals surface area contributed by atoms with Crippen LogP contribution in [0.4, 0.5) is 5.82 Å². The van der Waals surface area contributed by atoms with Crippen molar-refractivity contribution < 1.29 is 14.2 Å². The molecule has 2 rings (SSSR count). The van der Waals surface area contributed by atoms with Crippen LogP contribution in [0.3, 0.4) is 0 Å². The molecule has 1 aromatic heterocycles. The summed E-state index contributed by atoms with van der Waals surface area (Å²) in [6.07, 6.45) is 1.74. The third-order valence-electron chi connectivity index (χ3n) is 2.74. The number of hydrogen-bond acceptors (Lipinski definition) is 5. The van der Waals surface area contributed by atoms with Crippen molar-refractivity contribution in [3.05, 3.63) is 41.0 Å². The number of benzene rings is 1. The minimum atomic E-state index is 0.463. The summed E-state index contributed by atoms with van der Waals surface area (Å²) in [5.74, 6) is 2.65. The van der Waals surface area contributed by atoms with Gasteiger partial charge in [-0.1, -0.05) is 22.0 Å². The van der Waals surface area contributed by atoms with Crippen molar-refractivity contribution in [3.63, 3.8) is 0 Å². The van der Waals surface area contributed by atoms with E-state index in [1.54, 1.807) is 20.4 Å². The lowest BCUT2D eigenvalue weighted by Gasteiger charge is -2.15. The molecule has 2 aromatic rings. The number of hydrogen-bond donors (Lipinski definition) is 1. The van der Waals surface area contributed by atoms with Gasteiger partial charge in [-0.05, 0) is 24.3 Å². The monoisotopic (exact) mass is 352 g/mol. The first-order valence-corrected chi connectivity index (χ1v) is 7.23. The number of halogens is 1. The van der Waals surface area contributed by atoms with Crippen LogP contribution < -0.4 is 19.5 Å². The van der Waals surface area contributed by atoms with E-state index in [1.807, 2.05) is 30.3 Å². The zero-order valence-electron chi connectivity index (χ0n) is 11.9. The van der Waals surface area contributed by atoms with Crippen LogP contribution >= 0.6 is 15.9 Å². The highest BCUT2D eigenvalue weighted by molar-refractivity contribution is 9.10. The molecule has 21 heavy (non-hydrogen) atoms. The van der Waals surface area contributed by atoms with Crippen LogP contribution in [0, 0.1) is 0 Å². The Morgan fingerprint density at radius 2 is 1.86 bits per heavy atom. The molecule has 0 saturated carbocycles. The van der Waals surface area contributed by atoms with E-state index in [-0.39, 0.29) is 0 Å². The van der Waals surface area contributed by atoms with Crippen LogP contribution in [0.2, 0.25) is 0 Å². The van der Waals surface area contributed by atoms with Crippen molar-refractivity contribution in [2.75, 3.05) is 32.7 Å². The van der Waals surface area contributed by atoms with Gasteiger partial charge in [-0.15, -0.1) is 0 Å². The Morgan fingerprint density at radius 3 is 2.43 bits per heavy atom. The van der Waals surface area contributed by atoms with Crippen molar-refractivity contribution in [2.45, 2.75) is 0 Å². The zero-order valence-corrected chi connectivity index (χ0v) is 13.5. The van der Waals surface area contributed by atoms with Crippen molar-refractivity contribution in [2.24, 2.45) is 0 Å². The molecule has 0 fully saturated rings. The summed E-state index contributed by atoms with van der Waals surface area (Å²) in [6, 6.07) is 9.38. The van der Waals surface area contributed by atoms with Crippen LogP contribution in [0.5, 0.6) is 17.2 Å². The van der Waals surface area contributed by atoms with Gasteiger partial charge in [-0.3, -0.25) is 0 Å². The summed E-state index contributed by atoms with van der Waals surface area (Å²) < 4.78 is 17.3. The molecule has 5 nitrogen and oxygen atoms in total. The maximum atomic E-state index is 5.77. The molecule has 0 unspecified atom stereocenters. The first-order valence-electron chi connectivity index (χ1n) is 6.44. The van der Waals surface area contributed by atoms with Crippen LogP contribution in [0.15, 0.2) is 41.0 Å². The molecule has 112 valence electrons. The summed E-state index contributed by atoms with van der Waals surface area (Å²) in [4.78, 5) is 4.18. The second-order valence-corrected chi connectivity index (χ2v) is 5.05. The second-order valence-electron chi connectivity index (χ2n) is 4.13. The van der Waals surface area contributed by atoms with Gasteiger partial charge in [0.15, 0.2) is 11.5 Å². The van der Waals surface area contributed by atoms with Gasteiger partial charge >= 0.3 is 0 Å². The number of anilines is 1. The Kier molecular flexibility index (Phi) is 5.68. The normalized spacial score (nSPS) is 10.0. The zero-order chi connectivity index (χ0) is 15.1. The maximum Gasteiger partial charge on any atom is 0.203 e. The Hall–Kier alpha value is -1.95. The summed E-state index contributed by atoms with van der Waals surface area (Å²) in [6.45, 7) is 1.09. The molecule has 0 aliphatic heterocycles. The fraction of sp³-hybridized carbons (Fsp3) is 0.267. The molecule has 1 heterocycles. The van der Waals surface area contributed by atoms with Crippen LogP contribution in [-0.2, 0) is 0 Å². The summed E-state index contributed by atoms with van der Waals surface area (Å²) in [5, 5.41) is 3.17. The highest BCUT2D eigenvalue weighted by Crippen LogP contribution is 2.39. The Balaban J connectivity index is 1.96. The first-order chi connectivity index (χ1) is 10.2. The second kappa shape index (κ2) is 7.73. The van der Waals surface area contributed by atoms with E-state index in [0.717, 1.165) is 10.3 Å². The topological polar surface area (TPSA) is 52.6 Å². The SMILES string of the molecule is COc1cc(Br)cc(OC)c1OCCNc1ccccn1. The number of ether oxygens (including phenoxy) is 3. The van der Waals surface area contributed by atoms with Gasteiger partial charge in [0, 0.05) is 10.7 Å². The quantitative estimate of drug-likeness (QED) is 0.774. The van der Waals surface area contributed by atoms with Gasteiger partial charge in [-0.2, -0.15) is 0 Å². The van der Waals surface area contributed by atoms with E-state index in [4.69, 9.17) is 14.2 Å². The van der Waals surface area contributed by atoms with Crippen molar-refractivity contribution >= 4 is 21.7 Å². The molecule has 0 atom stereocenters. The van der Waals surface area contributed by atoms with E-state index in [2.05, 4.69) is 26.2 Å². The average Bonchev–Trinajstić information content (AvgIpc) is 2.52. The fourth-order valence-electron chi connectivity index (χ4n) is 1.79. The number of rotatable bonds is 7. The molecule has 0 aliphatic carbocycles. The van der Waals surface area contributed by atoms with Gasteiger partial charge in [0.25, 0.3) is 0 Å². The molecular weight excluding hydrogens is 336 g/mol. The van der Waals surface area contributed by atoms with E-state index < -0.39 is 0 Å². The molecule has 1 aromatic carbocycles. The first kappa shape index (κ1) is 15.4. The summed E-state index contributed by atoms with van der Waals surface area (Å²) in [7, 11) is 3.19. The fourth-order valence-corrected chi connectivity index (χ4v) is 2.21. The smallest absolute Gasteiger partial charge is 0.203 e. The molecule has 0 aliphatic rings. The van der Waals surface area contributed by atoms with Gasteiger partial charge in [0.05, 0.1) is 20.8 Å². The number of aromatic nitrogens is 1. The van der Waals surface area contributed by atoms with E-state index in [1.165, 1.54) is 0 Å². The largest absolute Gasteiger partial charge is 0.493 e. The van der Waals surface area contributed by atoms with Crippen molar-refractivity contribution in [1.29, 1.82) is 0 Å². The standard InChI is InChI=1S/C15H17BrN2O3/c1-19-12-9-11(16)10-13(20-2)15(12)21-8-7-18-14-5-3-4-6-17-14/h3-6,9-10H,7-8H2,1-2H3,(H,17,18). The molecule has 0 spiro atoms. The lowest BCUT2D eigenvalue weighted by molar-refractivity contribution is 0.284. The van der Waals surface area contributed by atoms with Crippen LogP contribution in [0.25, 0.3) is 0 Å². The van der Waals surface area contributed by atoms with E-state index in [0.29, 0.717) is 30.4 Å². The van der Waals surface area contributed by atoms with Crippen LogP contribution in [0.1, 0.15) is 0 Å². The van der Waals surface area contributed by atoms with Crippen LogP contribution in [-0.4, -0.2) is 32.4 Å². The lowest BCUT2D eigenvalue weighted by Crippen LogP contribution is -2.13. The number of nitrogens with one attached hydrogen (secondary N) is 1. The Bertz CT molecular complexity index is 553. The molecule has 1 N–H and O–H groups in total. The average molecular weight is 353 g/mol. The maximum absolute atomic E-state index is 5.77. The predicted molar refractivity (Wildman–Crippen MR) is 85.5 cm³/mol. The highest BCUT2D eigenvalue weighted by atomic mass is 79.9. The molecular formula is C15H17BrN2O3. The van der Waals surface area contributed by atoms with Gasteiger partial charge in [-0.25, -0.2) is 4.98 Å². The molecule has 0 bridgehead atoms. The molecule has 0 saturated heterocycles. The minimum absolute atomic E-state index is 0.463. The van der Waals surface area contributed by atoms with Gasteiger partial charge < -0.3 is 19.5 Å². The Morgan fingerprint density at radius 1 is 1.14 bits per heavy atom. The number of methoxy groups -OCH3 is 2. The predicted octanol–water partition coefficient (Wildman–Crippen LogP) is 3.35. The van der Waals surface area contributed by atoms with Gasteiger partial charge in [0.1, 0.15) is 12.4 Å². The van der Waals surface area contributed by atoms with E-state index in [9.17, 15) is 0 Å². The van der Waals surface area contributed by atoms with E-state index >= 15 is 0 Å². The molecule has 0 amide bonds. The third kappa shape index (κ3) is 4.26. The Labute approximate surface area is 132 Å². The molecule has 0 radical (unpaired) electrons. The number of nitrogens with zero attached hydrogens (tertiary/aromatic N) is 1. The van der Waals surface area contributed by atoms with Gasteiger partial charge in [0.2, 0.25) is 5.75 Å². The lowest BCUT2D eigenvalue weighted by atomic mass is 10.3. The summed E-state index contributed by atoms with van der Waals surface area (Å²) in [5.41, 5.74) is 0. The number of pyridine rings is 1. The van der Waals surface area contributed by atoms with Crippen molar-refractivity contribution in [3.8, 4) is 17.2 Å². The highest BCUT2D eigenvalue weighted by Gasteiger charge is 2.13. The summed E-state index contributed by atoms with van der Waals surface area (Å²) >= 11 is 3.41. The van der Waals surface area contributed by atoms with Crippen molar-refractivity contribution in [1.82, 2.24) is 4.98 Å². The minimum Gasteiger partial charge on any atom is -0.493 e. The third-order valence-corrected chi connectivity index (χ3v) is 3.20.